The minimum Gasteiger partial charge on any atom is -0.338 e. The fourth-order valence-corrected chi connectivity index (χ4v) is 2.87. The normalized spacial score (nSPS) is 20.7. The van der Waals surface area contributed by atoms with Gasteiger partial charge in [-0.05, 0) is 37.5 Å². The zero-order valence-corrected chi connectivity index (χ0v) is 13.0. The second kappa shape index (κ2) is 5.96. The van der Waals surface area contributed by atoms with Crippen LogP contribution in [0, 0.1) is 5.92 Å². The number of halogens is 4. The van der Waals surface area contributed by atoms with Crippen LogP contribution in [0.15, 0.2) is 22.7 Å². The number of alkyl halides is 3. The van der Waals surface area contributed by atoms with Crippen LogP contribution >= 0.6 is 15.9 Å². The first-order chi connectivity index (χ1) is 9.70. The summed E-state index contributed by atoms with van der Waals surface area (Å²) < 4.78 is 39.5. The van der Waals surface area contributed by atoms with Gasteiger partial charge in [-0.15, -0.1) is 0 Å². The Bertz CT molecular complexity index is 546. The SMILES string of the molecule is CC(N)C1CCN(C(=O)c2ccc(Br)cc2C(F)(F)F)C1. The van der Waals surface area contributed by atoms with Crippen molar-refractivity contribution in [2.45, 2.75) is 25.6 Å². The summed E-state index contributed by atoms with van der Waals surface area (Å²) in [7, 11) is 0. The minimum atomic E-state index is -4.56. The fraction of sp³-hybridized carbons (Fsp3) is 0.500. The molecule has 7 heteroatoms. The molecular formula is C14H16BrF3N2O. The van der Waals surface area contributed by atoms with E-state index in [2.05, 4.69) is 15.9 Å². The van der Waals surface area contributed by atoms with Gasteiger partial charge in [0.2, 0.25) is 0 Å². The molecule has 21 heavy (non-hydrogen) atoms. The topological polar surface area (TPSA) is 46.3 Å². The second-order valence-corrected chi connectivity index (χ2v) is 6.26. The number of hydrogen-bond acceptors (Lipinski definition) is 2. The lowest BCUT2D eigenvalue weighted by atomic mass is 10.0. The van der Waals surface area contributed by atoms with Crippen molar-refractivity contribution >= 4 is 21.8 Å². The summed E-state index contributed by atoms with van der Waals surface area (Å²) in [5.74, 6) is -0.447. The molecule has 1 heterocycles. The van der Waals surface area contributed by atoms with Gasteiger partial charge in [0.1, 0.15) is 0 Å². The van der Waals surface area contributed by atoms with Crippen molar-refractivity contribution in [3.05, 3.63) is 33.8 Å². The molecule has 0 aromatic heterocycles. The van der Waals surface area contributed by atoms with E-state index < -0.39 is 17.6 Å². The van der Waals surface area contributed by atoms with Gasteiger partial charge >= 0.3 is 6.18 Å². The maximum atomic E-state index is 13.1. The average Bonchev–Trinajstić information content (AvgIpc) is 2.86. The van der Waals surface area contributed by atoms with Gasteiger partial charge < -0.3 is 10.6 Å². The Hall–Kier alpha value is -1.08. The third-order valence-electron chi connectivity index (χ3n) is 3.77. The molecule has 116 valence electrons. The van der Waals surface area contributed by atoms with Gasteiger partial charge in [-0.25, -0.2) is 0 Å². The molecule has 0 aliphatic carbocycles. The molecule has 1 aliphatic rings. The Kier molecular flexibility index (Phi) is 4.63. The van der Waals surface area contributed by atoms with Crippen LogP contribution in [0.3, 0.4) is 0 Å². The monoisotopic (exact) mass is 364 g/mol. The van der Waals surface area contributed by atoms with E-state index in [1.165, 1.54) is 17.0 Å². The van der Waals surface area contributed by atoms with Gasteiger partial charge in [0.05, 0.1) is 11.1 Å². The molecule has 1 aromatic carbocycles. The predicted molar refractivity (Wildman–Crippen MR) is 76.8 cm³/mol. The summed E-state index contributed by atoms with van der Waals surface area (Å²) in [6, 6.07) is 3.53. The standard InChI is InChI=1S/C14H16BrF3N2O/c1-8(19)9-4-5-20(7-9)13(21)11-3-2-10(15)6-12(11)14(16,17)18/h2-3,6,8-9H,4-5,7,19H2,1H3. The Morgan fingerprint density at radius 3 is 2.67 bits per heavy atom. The largest absolute Gasteiger partial charge is 0.417 e. The van der Waals surface area contributed by atoms with Crippen LogP contribution < -0.4 is 5.73 Å². The third kappa shape index (κ3) is 3.58. The van der Waals surface area contributed by atoms with E-state index in [1.54, 1.807) is 0 Å². The predicted octanol–water partition coefficient (Wildman–Crippen LogP) is 3.28. The molecule has 1 amide bonds. The van der Waals surface area contributed by atoms with Crippen LogP contribution in [0.1, 0.15) is 29.3 Å². The Balaban J connectivity index is 2.28. The van der Waals surface area contributed by atoms with Gasteiger partial charge in [0, 0.05) is 23.6 Å². The first kappa shape index (κ1) is 16.3. The smallest absolute Gasteiger partial charge is 0.338 e. The van der Waals surface area contributed by atoms with E-state index in [1.807, 2.05) is 6.92 Å². The molecule has 2 atom stereocenters. The highest BCUT2D eigenvalue weighted by Gasteiger charge is 2.38. The molecule has 1 aromatic rings. The fourth-order valence-electron chi connectivity index (χ4n) is 2.51. The lowest BCUT2D eigenvalue weighted by Gasteiger charge is -2.20. The highest BCUT2D eigenvalue weighted by molar-refractivity contribution is 9.10. The number of likely N-dealkylation sites (tertiary alicyclic amines) is 1. The van der Waals surface area contributed by atoms with E-state index in [4.69, 9.17) is 5.73 Å². The molecule has 2 rings (SSSR count). The second-order valence-electron chi connectivity index (χ2n) is 5.35. The molecule has 1 saturated heterocycles. The Morgan fingerprint density at radius 1 is 1.48 bits per heavy atom. The lowest BCUT2D eigenvalue weighted by Crippen LogP contribution is -2.34. The van der Waals surface area contributed by atoms with Crippen molar-refractivity contribution in [2.75, 3.05) is 13.1 Å². The number of nitrogens with two attached hydrogens (primary N) is 1. The highest BCUT2D eigenvalue weighted by atomic mass is 79.9. The first-order valence-corrected chi connectivity index (χ1v) is 7.41. The molecule has 0 bridgehead atoms. The van der Waals surface area contributed by atoms with Gasteiger partial charge in [-0.2, -0.15) is 13.2 Å². The van der Waals surface area contributed by atoms with Crippen LogP contribution in [-0.2, 0) is 6.18 Å². The molecule has 0 radical (unpaired) electrons. The summed E-state index contributed by atoms with van der Waals surface area (Å²) in [6.45, 7) is 2.70. The molecule has 1 fully saturated rings. The van der Waals surface area contributed by atoms with Crippen molar-refractivity contribution in [1.82, 2.24) is 4.90 Å². The quantitative estimate of drug-likeness (QED) is 0.875. The van der Waals surface area contributed by atoms with E-state index >= 15 is 0 Å². The molecule has 3 nitrogen and oxygen atoms in total. The van der Waals surface area contributed by atoms with Crippen molar-refractivity contribution in [1.29, 1.82) is 0 Å². The van der Waals surface area contributed by atoms with Crippen LogP contribution in [0.4, 0.5) is 13.2 Å². The van der Waals surface area contributed by atoms with Crippen molar-refractivity contribution in [2.24, 2.45) is 11.7 Å². The maximum Gasteiger partial charge on any atom is 0.417 e. The zero-order valence-electron chi connectivity index (χ0n) is 11.5. The molecule has 0 spiro atoms. The number of nitrogens with zero attached hydrogens (tertiary/aromatic N) is 1. The average molecular weight is 365 g/mol. The van der Waals surface area contributed by atoms with Gasteiger partial charge in [0.25, 0.3) is 5.91 Å². The van der Waals surface area contributed by atoms with Gasteiger partial charge in [0.15, 0.2) is 0 Å². The highest BCUT2D eigenvalue weighted by Crippen LogP contribution is 2.35. The Morgan fingerprint density at radius 2 is 2.14 bits per heavy atom. The molecule has 0 saturated carbocycles. The summed E-state index contributed by atoms with van der Waals surface area (Å²) in [5.41, 5.74) is 4.57. The number of benzene rings is 1. The summed E-state index contributed by atoms with van der Waals surface area (Å²) in [5, 5.41) is 0. The van der Waals surface area contributed by atoms with Crippen LogP contribution in [0.5, 0.6) is 0 Å². The van der Waals surface area contributed by atoms with Crippen molar-refractivity contribution in [3.8, 4) is 0 Å². The Labute approximate surface area is 129 Å². The van der Waals surface area contributed by atoms with E-state index in [0.717, 1.165) is 12.5 Å². The minimum absolute atomic E-state index is 0.0743. The van der Waals surface area contributed by atoms with Gasteiger partial charge in [-0.3, -0.25) is 4.79 Å². The van der Waals surface area contributed by atoms with Crippen LogP contribution in [0.25, 0.3) is 0 Å². The lowest BCUT2D eigenvalue weighted by molar-refractivity contribution is -0.138. The molecule has 2 N–H and O–H groups in total. The van der Waals surface area contributed by atoms with Crippen LogP contribution in [-0.4, -0.2) is 29.9 Å². The first-order valence-electron chi connectivity index (χ1n) is 6.61. The zero-order chi connectivity index (χ0) is 15.8. The van der Waals surface area contributed by atoms with E-state index in [0.29, 0.717) is 17.6 Å². The number of rotatable bonds is 2. The van der Waals surface area contributed by atoms with E-state index in [9.17, 15) is 18.0 Å². The summed E-state index contributed by atoms with van der Waals surface area (Å²) in [4.78, 5) is 13.8. The molecule has 1 aliphatic heterocycles. The number of carbonyl (C=O) groups is 1. The number of hydrogen-bond donors (Lipinski definition) is 1. The summed E-state index contributed by atoms with van der Waals surface area (Å²) >= 11 is 3.01. The molecular weight excluding hydrogens is 349 g/mol. The number of carbonyl (C=O) groups excluding carboxylic acids is 1. The van der Waals surface area contributed by atoms with Crippen molar-refractivity contribution < 1.29 is 18.0 Å². The maximum absolute atomic E-state index is 13.1. The van der Waals surface area contributed by atoms with Crippen molar-refractivity contribution in [3.63, 3.8) is 0 Å². The van der Waals surface area contributed by atoms with Gasteiger partial charge in [-0.1, -0.05) is 15.9 Å². The van der Waals surface area contributed by atoms with E-state index in [-0.39, 0.29) is 17.5 Å². The van der Waals surface area contributed by atoms with Crippen LogP contribution in [0.2, 0.25) is 0 Å². The molecule has 2 unspecified atom stereocenters. The number of amides is 1. The summed E-state index contributed by atoms with van der Waals surface area (Å²) in [6.07, 6.45) is -3.84. The third-order valence-corrected chi connectivity index (χ3v) is 4.27.